The minimum absolute atomic E-state index is 0.158. The van der Waals surface area contributed by atoms with E-state index in [-0.39, 0.29) is 24.4 Å². The van der Waals surface area contributed by atoms with Crippen molar-refractivity contribution in [2.45, 2.75) is 13.8 Å². The van der Waals surface area contributed by atoms with Crippen molar-refractivity contribution in [2.75, 3.05) is 26.4 Å². The number of carbonyl (C=O) groups excluding carboxylic acids is 4. The molecule has 0 aromatic rings. The zero-order valence-electron chi connectivity index (χ0n) is 12.5. The molecule has 0 radical (unpaired) electrons. The average Bonchev–Trinajstić information content (AvgIpc) is 2.46. The van der Waals surface area contributed by atoms with Crippen LogP contribution in [0.15, 0.2) is 24.3 Å². The molecular formula is C14H18O8. The van der Waals surface area contributed by atoms with Crippen molar-refractivity contribution < 1.29 is 38.1 Å². The van der Waals surface area contributed by atoms with Crippen LogP contribution in [-0.2, 0) is 38.1 Å². The maximum Gasteiger partial charge on any atom is 0.344 e. The Bertz CT molecular complexity index is 433. The minimum Gasteiger partial charge on any atom is -0.460 e. The molecule has 0 rings (SSSR count). The molecule has 0 saturated heterocycles. The van der Waals surface area contributed by atoms with E-state index in [2.05, 4.69) is 32.1 Å². The molecule has 0 aromatic heterocycles. The standard InChI is InChI=1S/C14H18O8/c1-9(2)13(17)21-7-11(15)19-5-6-20-12(16)8-22-14(18)10(3)4/h1,3,5-8H2,2,4H3. The number of esters is 4. The first kappa shape index (κ1) is 19.4. The van der Waals surface area contributed by atoms with Crippen LogP contribution in [0, 0.1) is 0 Å². The molecule has 122 valence electrons. The second-order valence-electron chi connectivity index (χ2n) is 4.15. The summed E-state index contributed by atoms with van der Waals surface area (Å²) < 4.78 is 18.4. The normalized spacial score (nSPS) is 9.36. The highest BCUT2D eigenvalue weighted by Gasteiger charge is 2.11. The van der Waals surface area contributed by atoms with Crippen LogP contribution >= 0.6 is 0 Å². The Morgan fingerprint density at radius 2 is 1.00 bits per heavy atom. The van der Waals surface area contributed by atoms with Crippen LogP contribution in [0.5, 0.6) is 0 Å². The third-order valence-electron chi connectivity index (χ3n) is 1.95. The smallest absolute Gasteiger partial charge is 0.344 e. The highest BCUT2D eigenvalue weighted by Crippen LogP contribution is 1.94. The lowest BCUT2D eigenvalue weighted by Gasteiger charge is -2.07. The van der Waals surface area contributed by atoms with E-state index in [1.54, 1.807) is 0 Å². The van der Waals surface area contributed by atoms with Crippen LogP contribution in [0.2, 0.25) is 0 Å². The predicted octanol–water partition coefficient (Wildman–Crippen LogP) is 0.311. The summed E-state index contributed by atoms with van der Waals surface area (Å²) in [6, 6.07) is 0. The molecule has 0 aromatic carbocycles. The minimum atomic E-state index is -0.792. The highest BCUT2D eigenvalue weighted by atomic mass is 16.6. The van der Waals surface area contributed by atoms with Crippen molar-refractivity contribution in [3.63, 3.8) is 0 Å². The zero-order chi connectivity index (χ0) is 17.1. The molecule has 0 amide bonds. The SMILES string of the molecule is C=C(C)C(=O)OCC(=O)OCCOC(=O)COC(=O)C(=C)C. The lowest BCUT2D eigenvalue weighted by Crippen LogP contribution is -2.21. The number of rotatable bonds is 9. The van der Waals surface area contributed by atoms with Gasteiger partial charge in [-0.25, -0.2) is 19.2 Å². The molecule has 8 nitrogen and oxygen atoms in total. The second kappa shape index (κ2) is 10.1. The number of ether oxygens (including phenoxy) is 4. The van der Waals surface area contributed by atoms with Gasteiger partial charge in [-0.05, 0) is 13.8 Å². The van der Waals surface area contributed by atoms with Gasteiger partial charge >= 0.3 is 23.9 Å². The van der Waals surface area contributed by atoms with Gasteiger partial charge in [0.05, 0.1) is 0 Å². The van der Waals surface area contributed by atoms with Gasteiger partial charge in [-0.3, -0.25) is 0 Å². The summed E-state index contributed by atoms with van der Waals surface area (Å²) in [5.74, 6) is -3.00. The fourth-order valence-corrected chi connectivity index (χ4v) is 0.890. The van der Waals surface area contributed by atoms with Crippen molar-refractivity contribution in [1.29, 1.82) is 0 Å². The summed E-state index contributed by atoms with van der Waals surface area (Å²) in [6.07, 6.45) is 0. The summed E-state index contributed by atoms with van der Waals surface area (Å²) in [6.45, 7) is 8.01. The molecule has 0 atom stereocenters. The van der Waals surface area contributed by atoms with Gasteiger partial charge in [0.1, 0.15) is 13.2 Å². The van der Waals surface area contributed by atoms with E-state index < -0.39 is 37.1 Å². The van der Waals surface area contributed by atoms with E-state index in [9.17, 15) is 19.2 Å². The van der Waals surface area contributed by atoms with Gasteiger partial charge in [-0.15, -0.1) is 0 Å². The molecule has 8 heteroatoms. The number of hydrogen-bond donors (Lipinski definition) is 0. The summed E-state index contributed by atoms with van der Waals surface area (Å²) in [7, 11) is 0. The largest absolute Gasteiger partial charge is 0.460 e. The van der Waals surface area contributed by atoms with Crippen LogP contribution in [0.4, 0.5) is 0 Å². The molecular weight excluding hydrogens is 296 g/mol. The van der Waals surface area contributed by atoms with E-state index in [1.165, 1.54) is 13.8 Å². The monoisotopic (exact) mass is 314 g/mol. The first-order chi connectivity index (χ1) is 10.2. The predicted molar refractivity (Wildman–Crippen MR) is 73.5 cm³/mol. The van der Waals surface area contributed by atoms with E-state index in [0.717, 1.165) is 0 Å². The van der Waals surface area contributed by atoms with Crippen LogP contribution in [0.1, 0.15) is 13.8 Å². The Kier molecular flexibility index (Phi) is 8.92. The summed E-state index contributed by atoms with van der Waals surface area (Å²) >= 11 is 0. The van der Waals surface area contributed by atoms with Crippen LogP contribution < -0.4 is 0 Å². The van der Waals surface area contributed by atoms with Crippen molar-refractivity contribution in [1.82, 2.24) is 0 Å². The van der Waals surface area contributed by atoms with Crippen LogP contribution in [0.3, 0.4) is 0 Å². The van der Waals surface area contributed by atoms with Gasteiger partial charge in [-0.1, -0.05) is 13.2 Å². The van der Waals surface area contributed by atoms with Gasteiger partial charge < -0.3 is 18.9 Å². The molecule has 0 fully saturated rings. The Balaban J connectivity index is 3.71. The number of hydrogen-bond acceptors (Lipinski definition) is 8. The molecule has 0 spiro atoms. The lowest BCUT2D eigenvalue weighted by molar-refractivity contribution is -0.162. The van der Waals surface area contributed by atoms with Crippen molar-refractivity contribution in [2.24, 2.45) is 0 Å². The first-order valence-electron chi connectivity index (χ1n) is 6.20. The Labute approximate surface area is 127 Å². The molecule has 0 aliphatic carbocycles. The van der Waals surface area contributed by atoms with Gasteiger partial charge in [0, 0.05) is 11.1 Å². The Morgan fingerprint density at radius 3 is 1.27 bits per heavy atom. The lowest BCUT2D eigenvalue weighted by atomic mass is 10.4. The summed E-state index contributed by atoms with van der Waals surface area (Å²) in [4.78, 5) is 44.3. The van der Waals surface area contributed by atoms with Gasteiger partial charge in [0.25, 0.3) is 0 Å². The summed E-state index contributed by atoms with van der Waals surface area (Å²) in [5.41, 5.74) is 0.317. The van der Waals surface area contributed by atoms with E-state index >= 15 is 0 Å². The van der Waals surface area contributed by atoms with Gasteiger partial charge in [-0.2, -0.15) is 0 Å². The molecule has 0 heterocycles. The quantitative estimate of drug-likeness (QED) is 0.259. The summed E-state index contributed by atoms with van der Waals surface area (Å²) in [5, 5.41) is 0. The maximum absolute atomic E-state index is 11.2. The molecule has 22 heavy (non-hydrogen) atoms. The Hall–Kier alpha value is -2.64. The topological polar surface area (TPSA) is 105 Å². The molecule has 0 aliphatic rings. The van der Waals surface area contributed by atoms with Gasteiger partial charge in [0.15, 0.2) is 13.2 Å². The fraction of sp³-hybridized carbons (Fsp3) is 0.429. The molecule has 0 saturated carbocycles. The van der Waals surface area contributed by atoms with Crippen LogP contribution in [-0.4, -0.2) is 50.3 Å². The molecule has 0 N–H and O–H groups in total. The van der Waals surface area contributed by atoms with Crippen LogP contribution in [0.25, 0.3) is 0 Å². The van der Waals surface area contributed by atoms with E-state index in [0.29, 0.717) is 0 Å². The van der Waals surface area contributed by atoms with Gasteiger partial charge in [0.2, 0.25) is 0 Å². The van der Waals surface area contributed by atoms with E-state index in [1.807, 2.05) is 0 Å². The Morgan fingerprint density at radius 1 is 0.682 bits per heavy atom. The zero-order valence-corrected chi connectivity index (χ0v) is 12.5. The first-order valence-corrected chi connectivity index (χ1v) is 6.20. The van der Waals surface area contributed by atoms with E-state index in [4.69, 9.17) is 0 Å². The molecule has 0 bridgehead atoms. The average molecular weight is 314 g/mol. The third-order valence-corrected chi connectivity index (χ3v) is 1.95. The van der Waals surface area contributed by atoms with Crippen molar-refractivity contribution in [3.05, 3.63) is 24.3 Å². The fourth-order valence-electron chi connectivity index (χ4n) is 0.890. The van der Waals surface area contributed by atoms with Crippen molar-refractivity contribution in [3.8, 4) is 0 Å². The maximum atomic E-state index is 11.2. The second-order valence-corrected chi connectivity index (χ2v) is 4.15. The third kappa shape index (κ3) is 9.29. The highest BCUT2D eigenvalue weighted by molar-refractivity contribution is 5.89. The molecule has 0 aliphatic heterocycles. The number of carbonyl (C=O) groups is 4. The molecule has 0 unspecified atom stereocenters. The van der Waals surface area contributed by atoms with Crippen molar-refractivity contribution >= 4 is 23.9 Å².